The highest BCUT2D eigenvalue weighted by atomic mass is 35.5. The van der Waals surface area contributed by atoms with E-state index in [1.165, 1.54) is 28.9 Å². The number of nitrogens with zero attached hydrogens (tertiary/aromatic N) is 4. The number of hydrogen-bond donors (Lipinski definition) is 6. The standard InChI is InChI=1S/C35H39Cl2FN10O4/c1-18(2)27(17-30(49)44-28(31(39)50)12-20-4-8-24(38)9-5-20)45-33(51)29(13-21-6-10-25(11-7-21)43-35(40)41)46-34(52)32-42-19(3)48(47-32)26-15-22(36)14-23(37)16-26/h4-11,14-16,18,27-29H,12-13,17H2,1-3H3,(H2,39,50)(H,44,49)(H,45,51)(H,46,52)(H4,40,41,43)/t27?,28-,29-/m0/s1. The fourth-order valence-electron chi connectivity index (χ4n) is 5.18. The summed E-state index contributed by atoms with van der Waals surface area (Å²) in [5.41, 5.74) is 18.7. The van der Waals surface area contributed by atoms with Crippen LogP contribution in [0.15, 0.2) is 71.7 Å². The Morgan fingerprint density at radius 3 is 1.98 bits per heavy atom. The molecule has 9 N–H and O–H groups in total. The van der Waals surface area contributed by atoms with E-state index < -0.39 is 47.6 Å². The molecular weight excluding hydrogens is 714 g/mol. The summed E-state index contributed by atoms with van der Waals surface area (Å²) in [7, 11) is 0. The van der Waals surface area contributed by atoms with Crippen molar-refractivity contribution >= 4 is 58.5 Å². The largest absolute Gasteiger partial charge is 0.370 e. The Bertz CT molecular complexity index is 1930. The van der Waals surface area contributed by atoms with Gasteiger partial charge in [-0.05, 0) is 66.4 Å². The highest BCUT2D eigenvalue weighted by Gasteiger charge is 2.29. The van der Waals surface area contributed by atoms with Gasteiger partial charge in [-0.1, -0.05) is 61.3 Å². The van der Waals surface area contributed by atoms with Crippen molar-refractivity contribution in [2.75, 3.05) is 0 Å². The first-order valence-electron chi connectivity index (χ1n) is 16.1. The molecule has 3 aromatic carbocycles. The fourth-order valence-corrected chi connectivity index (χ4v) is 5.70. The molecule has 3 atom stereocenters. The molecule has 0 aliphatic carbocycles. The van der Waals surface area contributed by atoms with Crippen molar-refractivity contribution in [2.45, 2.75) is 58.2 Å². The summed E-state index contributed by atoms with van der Waals surface area (Å²) in [5.74, 6) is -3.33. The van der Waals surface area contributed by atoms with Crippen LogP contribution in [0.2, 0.25) is 10.0 Å². The Hall–Kier alpha value is -5.54. The molecule has 0 radical (unpaired) electrons. The van der Waals surface area contributed by atoms with E-state index in [4.69, 9.17) is 40.4 Å². The number of nitrogens with one attached hydrogen (secondary N) is 3. The maximum absolute atomic E-state index is 13.9. The molecule has 0 bridgehead atoms. The molecule has 1 heterocycles. The van der Waals surface area contributed by atoms with Gasteiger partial charge in [0.05, 0.1) is 11.4 Å². The first-order chi connectivity index (χ1) is 24.6. The maximum atomic E-state index is 13.9. The number of hydrogen-bond acceptors (Lipinski definition) is 7. The Morgan fingerprint density at radius 2 is 1.42 bits per heavy atom. The molecule has 4 amide bonds. The second kappa shape index (κ2) is 17.6. The third-order valence-electron chi connectivity index (χ3n) is 7.89. The molecule has 1 aromatic heterocycles. The maximum Gasteiger partial charge on any atom is 0.291 e. The van der Waals surface area contributed by atoms with E-state index >= 15 is 0 Å². The number of amides is 4. The van der Waals surface area contributed by atoms with E-state index in [1.54, 1.807) is 63.2 Å². The molecule has 0 spiro atoms. The number of carbonyl (C=O) groups is 4. The number of benzene rings is 3. The lowest BCUT2D eigenvalue weighted by molar-refractivity contribution is -0.128. The van der Waals surface area contributed by atoms with Gasteiger partial charge in [-0.2, -0.15) is 0 Å². The van der Waals surface area contributed by atoms with Gasteiger partial charge in [0.1, 0.15) is 23.7 Å². The lowest BCUT2D eigenvalue weighted by Gasteiger charge is -2.26. The topological polar surface area (TPSA) is 226 Å². The summed E-state index contributed by atoms with van der Waals surface area (Å²) in [4.78, 5) is 61.1. The average Bonchev–Trinajstić information content (AvgIpc) is 3.46. The third-order valence-corrected chi connectivity index (χ3v) is 8.33. The first kappa shape index (κ1) is 39.2. The van der Waals surface area contributed by atoms with Crippen LogP contribution in [0, 0.1) is 18.7 Å². The number of guanidine groups is 1. The number of aryl methyl sites for hydroxylation is 1. The zero-order valence-electron chi connectivity index (χ0n) is 28.6. The number of primary amides is 1. The normalized spacial score (nSPS) is 12.8. The minimum absolute atomic E-state index is 0.0295. The second-order valence-electron chi connectivity index (χ2n) is 12.4. The highest BCUT2D eigenvalue weighted by Crippen LogP contribution is 2.22. The van der Waals surface area contributed by atoms with Crippen molar-refractivity contribution < 1.29 is 23.6 Å². The molecule has 52 heavy (non-hydrogen) atoms. The molecule has 17 heteroatoms. The monoisotopic (exact) mass is 752 g/mol. The molecule has 4 rings (SSSR count). The van der Waals surface area contributed by atoms with Crippen LogP contribution >= 0.6 is 23.2 Å². The Kier molecular flexibility index (Phi) is 13.3. The van der Waals surface area contributed by atoms with E-state index in [2.05, 4.69) is 31.0 Å². The fraction of sp³-hybridized carbons (Fsp3) is 0.286. The van der Waals surface area contributed by atoms with E-state index in [0.29, 0.717) is 38.4 Å². The van der Waals surface area contributed by atoms with Crippen molar-refractivity contribution in [2.24, 2.45) is 28.1 Å². The predicted molar refractivity (Wildman–Crippen MR) is 196 cm³/mol. The Labute approximate surface area is 309 Å². The van der Waals surface area contributed by atoms with Gasteiger partial charge >= 0.3 is 0 Å². The highest BCUT2D eigenvalue weighted by molar-refractivity contribution is 6.34. The molecule has 14 nitrogen and oxygen atoms in total. The van der Waals surface area contributed by atoms with Gasteiger partial charge in [0.15, 0.2) is 5.96 Å². The van der Waals surface area contributed by atoms with Crippen molar-refractivity contribution in [3.05, 3.63) is 105 Å². The second-order valence-corrected chi connectivity index (χ2v) is 13.2. The van der Waals surface area contributed by atoms with Gasteiger partial charge in [-0.15, -0.1) is 5.10 Å². The first-order valence-corrected chi connectivity index (χ1v) is 16.9. The predicted octanol–water partition coefficient (Wildman–Crippen LogP) is 3.01. The van der Waals surface area contributed by atoms with Crippen molar-refractivity contribution in [3.63, 3.8) is 0 Å². The third kappa shape index (κ3) is 11.2. The van der Waals surface area contributed by atoms with Gasteiger partial charge in [0, 0.05) is 35.3 Å². The van der Waals surface area contributed by atoms with Crippen LogP contribution in [0.3, 0.4) is 0 Å². The zero-order valence-corrected chi connectivity index (χ0v) is 30.1. The lowest BCUT2D eigenvalue weighted by Crippen LogP contribution is -2.53. The van der Waals surface area contributed by atoms with Crippen LogP contribution in [0.25, 0.3) is 5.69 Å². The molecule has 0 aliphatic rings. The van der Waals surface area contributed by atoms with Crippen molar-refractivity contribution in [1.82, 2.24) is 30.7 Å². The molecule has 0 saturated heterocycles. The number of carbonyl (C=O) groups excluding carboxylic acids is 4. The van der Waals surface area contributed by atoms with Crippen LogP contribution in [0.1, 0.15) is 47.8 Å². The summed E-state index contributed by atoms with van der Waals surface area (Å²) in [5, 5.41) is 13.2. The Morgan fingerprint density at radius 1 is 0.846 bits per heavy atom. The van der Waals surface area contributed by atoms with E-state index in [1.807, 2.05) is 0 Å². The van der Waals surface area contributed by atoms with Gasteiger partial charge in [0.25, 0.3) is 5.91 Å². The number of aromatic nitrogens is 3. The van der Waals surface area contributed by atoms with Crippen molar-refractivity contribution in [1.29, 1.82) is 0 Å². The van der Waals surface area contributed by atoms with Gasteiger partial charge in [0.2, 0.25) is 23.5 Å². The van der Waals surface area contributed by atoms with E-state index in [9.17, 15) is 23.6 Å². The van der Waals surface area contributed by atoms with Crippen LogP contribution in [0.5, 0.6) is 0 Å². The van der Waals surface area contributed by atoms with Gasteiger partial charge in [-0.25, -0.2) is 19.0 Å². The van der Waals surface area contributed by atoms with Crippen LogP contribution in [-0.2, 0) is 27.2 Å². The lowest BCUT2D eigenvalue weighted by atomic mass is 9.98. The number of aliphatic imine (C=N–C) groups is 1. The van der Waals surface area contributed by atoms with Gasteiger partial charge < -0.3 is 33.2 Å². The molecule has 0 saturated carbocycles. The summed E-state index contributed by atoms with van der Waals surface area (Å²) >= 11 is 12.3. The van der Waals surface area contributed by atoms with Gasteiger partial charge in [-0.3, -0.25) is 19.2 Å². The van der Waals surface area contributed by atoms with Crippen LogP contribution < -0.4 is 33.2 Å². The zero-order chi connectivity index (χ0) is 38.1. The van der Waals surface area contributed by atoms with Crippen molar-refractivity contribution in [3.8, 4) is 5.69 Å². The van der Waals surface area contributed by atoms with Crippen LogP contribution in [0.4, 0.5) is 10.1 Å². The minimum Gasteiger partial charge on any atom is -0.370 e. The molecule has 1 unspecified atom stereocenters. The molecule has 0 fully saturated rings. The smallest absolute Gasteiger partial charge is 0.291 e. The number of halogens is 3. The summed E-state index contributed by atoms with van der Waals surface area (Å²) < 4.78 is 14.8. The van der Waals surface area contributed by atoms with E-state index in [0.717, 1.165) is 0 Å². The minimum atomic E-state index is -1.16. The molecule has 0 aliphatic heterocycles. The molecule has 4 aromatic rings. The van der Waals surface area contributed by atoms with E-state index in [-0.39, 0.29) is 37.0 Å². The summed E-state index contributed by atoms with van der Waals surface area (Å²) in [6.45, 7) is 5.25. The number of nitrogens with two attached hydrogens (primary N) is 3. The number of rotatable bonds is 15. The summed E-state index contributed by atoms with van der Waals surface area (Å²) in [6, 6.07) is 14.0. The summed E-state index contributed by atoms with van der Waals surface area (Å²) in [6.07, 6.45) is -0.136. The average molecular weight is 754 g/mol. The SMILES string of the molecule is Cc1nc(C(=O)N[C@@H](Cc2ccc(N=C(N)N)cc2)C(=O)NC(CC(=O)N[C@@H](Cc2ccc(F)cc2)C(N)=O)C(C)C)nn1-c1cc(Cl)cc(Cl)c1. The quantitative estimate of drug-likeness (QED) is 0.0780. The molecule has 274 valence electrons. The van der Waals surface area contributed by atoms with Crippen LogP contribution in [-0.4, -0.2) is 62.5 Å². The Balaban J connectivity index is 1.53. The molecular formula is C35H39Cl2FN10O4.